The maximum atomic E-state index is 12.8. The van der Waals surface area contributed by atoms with E-state index in [2.05, 4.69) is 0 Å². The van der Waals surface area contributed by atoms with Gasteiger partial charge in [0.25, 0.3) is 5.91 Å². The van der Waals surface area contributed by atoms with Crippen LogP contribution in [0.3, 0.4) is 0 Å². The van der Waals surface area contributed by atoms with Crippen molar-refractivity contribution < 1.29 is 22.4 Å². The summed E-state index contributed by atoms with van der Waals surface area (Å²) in [6, 6.07) is 7.88. The van der Waals surface area contributed by atoms with E-state index in [1.54, 1.807) is 31.2 Å². The van der Waals surface area contributed by atoms with Gasteiger partial charge in [-0.05, 0) is 43.7 Å². The van der Waals surface area contributed by atoms with E-state index in [-0.39, 0.29) is 30.6 Å². The Bertz CT molecular complexity index is 941. The Balaban J connectivity index is 1.73. The molecule has 2 heterocycles. The van der Waals surface area contributed by atoms with Crippen LogP contribution in [0.25, 0.3) is 0 Å². The third kappa shape index (κ3) is 5.18. The van der Waals surface area contributed by atoms with E-state index < -0.39 is 15.9 Å². The SMILES string of the molecule is Cc1ccc(CN(C(=O)COc2ccc(Cl)cc2Cl)[C@H]2CCS(=O)(=O)C2)o1. The maximum absolute atomic E-state index is 12.8. The average Bonchev–Trinajstić information content (AvgIpc) is 3.16. The standard InChI is InChI=1S/C18H19Cl2NO5S/c1-12-2-4-15(26-12)9-21(14-6-7-27(23,24)11-14)18(22)10-25-17-5-3-13(19)8-16(17)20/h2-5,8,14H,6-7,9-11H2,1H3/t14-/m0/s1. The molecule has 1 atom stereocenters. The van der Waals surface area contributed by atoms with E-state index in [1.165, 1.54) is 11.0 Å². The molecular weight excluding hydrogens is 413 g/mol. The van der Waals surface area contributed by atoms with Crippen LogP contribution in [0.15, 0.2) is 34.7 Å². The predicted octanol–water partition coefficient (Wildman–Crippen LogP) is 3.49. The van der Waals surface area contributed by atoms with Gasteiger partial charge in [-0.15, -0.1) is 0 Å². The zero-order valence-corrected chi connectivity index (χ0v) is 17.0. The van der Waals surface area contributed by atoms with Crippen LogP contribution >= 0.6 is 23.2 Å². The Morgan fingerprint density at radius 2 is 2.07 bits per heavy atom. The molecule has 1 aliphatic heterocycles. The molecule has 0 N–H and O–H groups in total. The second-order valence-electron chi connectivity index (χ2n) is 6.45. The molecule has 2 aromatic rings. The minimum atomic E-state index is -3.14. The number of ether oxygens (including phenoxy) is 1. The van der Waals surface area contributed by atoms with Gasteiger partial charge in [0.1, 0.15) is 17.3 Å². The highest BCUT2D eigenvalue weighted by Crippen LogP contribution is 2.28. The number of hydrogen-bond donors (Lipinski definition) is 0. The van der Waals surface area contributed by atoms with Crippen molar-refractivity contribution in [2.24, 2.45) is 0 Å². The predicted molar refractivity (Wildman–Crippen MR) is 103 cm³/mol. The number of benzene rings is 1. The molecule has 1 aliphatic rings. The fourth-order valence-corrected chi connectivity index (χ4v) is 5.19. The lowest BCUT2D eigenvalue weighted by Gasteiger charge is -2.27. The molecule has 0 saturated carbocycles. The minimum absolute atomic E-state index is 0.0554. The van der Waals surface area contributed by atoms with Gasteiger partial charge in [-0.1, -0.05) is 23.2 Å². The van der Waals surface area contributed by atoms with Crippen LogP contribution in [0.4, 0.5) is 0 Å². The molecule has 1 aromatic carbocycles. The lowest BCUT2D eigenvalue weighted by molar-refractivity contribution is -0.136. The van der Waals surface area contributed by atoms with Gasteiger partial charge in [-0.2, -0.15) is 0 Å². The van der Waals surface area contributed by atoms with Crippen molar-refractivity contribution in [3.63, 3.8) is 0 Å². The molecule has 27 heavy (non-hydrogen) atoms. The number of nitrogens with zero attached hydrogens (tertiary/aromatic N) is 1. The summed E-state index contributed by atoms with van der Waals surface area (Å²) in [5, 5.41) is 0.761. The molecule has 0 radical (unpaired) electrons. The summed E-state index contributed by atoms with van der Waals surface area (Å²) in [5.41, 5.74) is 0. The number of hydrogen-bond acceptors (Lipinski definition) is 5. The van der Waals surface area contributed by atoms with Crippen molar-refractivity contribution in [1.82, 2.24) is 4.90 Å². The van der Waals surface area contributed by atoms with Crippen LogP contribution in [0.1, 0.15) is 17.9 Å². The van der Waals surface area contributed by atoms with Crippen molar-refractivity contribution in [2.75, 3.05) is 18.1 Å². The number of aryl methyl sites for hydroxylation is 1. The van der Waals surface area contributed by atoms with Crippen molar-refractivity contribution >= 4 is 38.9 Å². The second kappa shape index (κ2) is 8.12. The molecule has 0 bridgehead atoms. The molecule has 1 fully saturated rings. The van der Waals surface area contributed by atoms with Crippen LogP contribution < -0.4 is 4.74 Å². The molecule has 0 unspecified atom stereocenters. The number of sulfone groups is 1. The van der Waals surface area contributed by atoms with E-state index in [0.29, 0.717) is 28.0 Å². The highest BCUT2D eigenvalue weighted by Gasteiger charge is 2.35. The molecular formula is C18H19Cl2NO5S. The van der Waals surface area contributed by atoms with Crippen LogP contribution in [0, 0.1) is 6.92 Å². The number of carbonyl (C=O) groups excluding carboxylic acids is 1. The van der Waals surface area contributed by atoms with E-state index in [9.17, 15) is 13.2 Å². The smallest absolute Gasteiger partial charge is 0.261 e. The molecule has 1 aromatic heterocycles. The number of rotatable bonds is 6. The number of amides is 1. The molecule has 1 amide bonds. The van der Waals surface area contributed by atoms with Gasteiger partial charge in [-0.3, -0.25) is 4.79 Å². The summed E-state index contributed by atoms with van der Waals surface area (Å²) in [6.45, 7) is 1.73. The Kier molecular flexibility index (Phi) is 6.03. The van der Waals surface area contributed by atoms with Crippen molar-refractivity contribution in [1.29, 1.82) is 0 Å². The molecule has 3 rings (SSSR count). The number of carbonyl (C=O) groups is 1. The van der Waals surface area contributed by atoms with E-state index in [0.717, 1.165) is 5.76 Å². The zero-order valence-electron chi connectivity index (χ0n) is 14.7. The molecule has 6 nitrogen and oxygen atoms in total. The van der Waals surface area contributed by atoms with Crippen molar-refractivity contribution in [3.8, 4) is 5.75 Å². The topological polar surface area (TPSA) is 76.8 Å². The van der Waals surface area contributed by atoms with Gasteiger partial charge in [0.15, 0.2) is 16.4 Å². The first kappa shape index (κ1) is 20.0. The Hall–Kier alpha value is -1.70. The Morgan fingerprint density at radius 3 is 2.67 bits per heavy atom. The first-order valence-corrected chi connectivity index (χ1v) is 10.9. The number of furan rings is 1. The normalized spacial score (nSPS) is 18.4. The Morgan fingerprint density at radius 1 is 1.30 bits per heavy atom. The van der Waals surface area contributed by atoms with Crippen LogP contribution in [-0.2, 0) is 21.2 Å². The van der Waals surface area contributed by atoms with Crippen LogP contribution in [0.2, 0.25) is 10.0 Å². The van der Waals surface area contributed by atoms with Gasteiger partial charge in [0.2, 0.25) is 0 Å². The third-order valence-electron chi connectivity index (χ3n) is 4.34. The van der Waals surface area contributed by atoms with Crippen LogP contribution in [0.5, 0.6) is 5.75 Å². The first-order valence-electron chi connectivity index (χ1n) is 8.36. The molecule has 9 heteroatoms. The fraction of sp³-hybridized carbons (Fsp3) is 0.389. The van der Waals surface area contributed by atoms with Gasteiger partial charge in [-0.25, -0.2) is 8.42 Å². The first-order chi connectivity index (χ1) is 12.7. The quantitative estimate of drug-likeness (QED) is 0.699. The number of halogens is 2. The lowest BCUT2D eigenvalue weighted by Crippen LogP contribution is -2.43. The summed E-state index contributed by atoms with van der Waals surface area (Å²) in [6.07, 6.45) is 0.398. The van der Waals surface area contributed by atoms with Crippen LogP contribution in [-0.4, -0.2) is 43.4 Å². The second-order valence-corrected chi connectivity index (χ2v) is 9.53. The van der Waals surface area contributed by atoms with E-state index in [1.807, 2.05) is 0 Å². The summed E-state index contributed by atoms with van der Waals surface area (Å²) in [5.74, 6) is 1.33. The highest BCUT2D eigenvalue weighted by atomic mass is 35.5. The monoisotopic (exact) mass is 431 g/mol. The summed E-state index contributed by atoms with van der Waals surface area (Å²) in [7, 11) is -3.14. The van der Waals surface area contributed by atoms with Gasteiger partial charge < -0.3 is 14.1 Å². The largest absolute Gasteiger partial charge is 0.482 e. The van der Waals surface area contributed by atoms with E-state index in [4.69, 9.17) is 32.4 Å². The lowest BCUT2D eigenvalue weighted by atomic mass is 10.2. The minimum Gasteiger partial charge on any atom is -0.482 e. The summed E-state index contributed by atoms with van der Waals surface area (Å²) < 4.78 is 34.8. The fourth-order valence-electron chi connectivity index (χ4n) is 2.99. The summed E-state index contributed by atoms with van der Waals surface area (Å²) in [4.78, 5) is 14.3. The van der Waals surface area contributed by atoms with E-state index >= 15 is 0 Å². The van der Waals surface area contributed by atoms with Crippen molar-refractivity contribution in [3.05, 3.63) is 51.9 Å². The van der Waals surface area contributed by atoms with Gasteiger partial charge in [0, 0.05) is 11.1 Å². The van der Waals surface area contributed by atoms with Crippen molar-refractivity contribution in [2.45, 2.75) is 25.9 Å². The Labute approximate surface area is 167 Å². The third-order valence-corrected chi connectivity index (χ3v) is 6.62. The maximum Gasteiger partial charge on any atom is 0.261 e. The zero-order chi connectivity index (χ0) is 19.6. The highest BCUT2D eigenvalue weighted by molar-refractivity contribution is 7.91. The van der Waals surface area contributed by atoms with Gasteiger partial charge >= 0.3 is 0 Å². The van der Waals surface area contributed by atoms with Gasteiger partial charge in [0.05, 0.1) is 23.1 Å². The average molecular weight is 432 g/mol. The molecule has 0 aliphatic carbocycles. The molecule has 0 spiro atoms. The molecule has 1 saturated heterocycles. The summed E-state index contributed by atoms with van der Waals surface area (Å²) >= 11 is 11.9. The molecule has 146 valence electrons.